The molecule has 3 nitrogen and oxygen atoms in total. The summed E-state index contributed by atoms with van der Waals surface area (Å²) in [5.74, 6) is -1.81. The van der Waals surface area contributed by atoms with Gasteiger partial charge in [0.05, 0.1) is 0 Å². The number of benzene rings is 3. The Hall–Kier alpha value is -3.47. The molecule has 0 bridgehead atoms. The third-order valence-electron chi connectivity index (χ3n) is 6.20. The van der Waals surface area contributed by atoms with Gasteiger partial charge >= 0.3 is 0 Å². The predicted molar refractivity (Wildman–Crippen MR) is 117 cm³/mol. The lowest BCUT2D eigenvalue weighted by Gasteiger charge is -2.30. The number of rotatable bonds is 4. The van der Waals surface area contributed by atoms with Gasteiger partial charge < -0.3 is 9.88 Å². The number of halogens is 2. The Morgan fingerprint density at radius 1 is 0.968 bits per heavy atom. The summed E-state index contributed by atoms with van der Waals surface area (Å²) in [7, 11) is 0. The number of hydrogen-bond acceptors (Lipinski definition) is 1. The first-order valence-corrected chi connectivity index (χ1v) is 10.5. The highest BCUT2D eigenvalue weighted by Crippen LogP contribution is 2.36. The highest BCUT2D eigenvalue weighted by molar-refractivity contribution is 5.86. The van der Waals surface area contributed by atoms with Gasteiger partial charge in [0.1, 0.15) is 11.6 Å². The fraction of sp³-hybridized carbons (Fsp3) is 0.192. The number of nitrogens with one attached hydrogen (secondary N) is 1. The summed E-state index contributed by atoms with van der Waals surface area (Å²) in [6.45, 7) is 1.20. The summed E-state index contributed by atoms with van der Waals surface area (Å²) in [5, 5.41) is 0.938. The molecule has 1 N–H and O–H groups in total. The lowest BCUT2D eigenvalue weighted by molar-refractivity contribution is -0.132. The summed E-state index contributed by atoms with van der Waals surface area (Å²) in [6.07, 6.45) is 2.76. The van der Waals surface area contributed by atoms with Crippen LogP contribution in [0, 0.1) is 11.6 Å². The number of para-hydroxylation sites is 1. The van der Waals surface area contributed by atoms with Crippen molar-refractivity contribution in [3.05, 3.63) is 107 Å². The van der Waals surface area contributed by atoms with Crippen LogP contribution in [0.3, 0.4) is 0 Å². The molecule has 156 valence electrons. The van der Waals surface area contributed by atoms with Crippen molar-refractivity contribution in [1.29, 1.82) is 0 Å². The number of amides is 1. The number of carbonyl (C=O) groups excluding carboxylic acids is 1. The maximum Gasteiger partial charge on any atom is 0.223 e. The standard InChI is InChI=1S/C26H22F2N2O/c27-19-9-10-20(24(28)13-19)22(23-15-29-25-8-4-3-7-21(23)25)14-26(31)30-12-11-17-5-1-2-6-18(17)16-30/h1-10,13,15,22,29H,11-12,14,16H2. The van der Waals surface area contributed by atoms with E-state index in [2.05, 4.69) is 11.1 Å². The van der Waals surface area contributed by atoms with Crippen molar-refractivity contribution in [2.45, 2.75) is 25.3 Å². The third-order valence-corrected chi connectivity index (χ3v) is 6.20. The van der Waals surface area contributed by atoms with E-state index in [9.17, 15) is 13.6 Å². The van der Waals surface area contributed by atoms with Crippen molar-refractivity contribution in [3.63, 3.8) is 0 Å². The van der Waals surface area contributed by atoms with Crippen molar-refractivity contribution in [2.75, 3.05) is 6.54 Å². The number of aromatic amines is 1. The summed E-state index contributed by atoms with van der Waals surface area (Å²) in [5.41, 5.74) is 4.51. The minimum atomic E-state index is -0.632. The fourth-order valence-corrected chi connectivity index (χ4v) is 4.57. The molecule has 1 aliphatic heterocycles. The van der Waals surface area contributed by atoms with Crippen molar-refractivity contribution >= 4 is 16.8 Å². The molecular weight excluding hydrogens is 394 g/mol. The number of hydrogen-bond donors (Lipinski definition) is 1. The lowest BCUT2D eigenvalue weighted by Crippen LogP contribution is -2.36. The van der Waals surface area contributed by atoms with Crippen molar-refractivity contribution in [3.8, 4) is 0 Å². The summed E-state index contributed by atoms with van der Waals surface area (Å²) < 4.78 is 28.4. The second-order valence-corrected chi connectivity index (χ2v) is 8.05. The Kier molecular flexibility index (Phi) is 5.02. The Labute approximate surface area is 179 Å². The molecule has 31 heavy (non-hydrogen) atoms. The van der Waals surface area contributed by atoms with Crippen molar-refractivity contribution in [2.24, 2.45) is 0 Å². The largest absolute Gasteiger partial charge is 0.361 e. The van der Waals surface area contributed by atoms with E-state index in [1.165, 1.54) is 17.7 Å². The SMILES string of the molecule is O=C(CC(c1ccc(F)cc1F)c1c[nH]c2ccccc12)N1CCc2ccccc2C1. The van der Waals surface area contributed by atoms with E-state index in [4.69, 9.17) is 0 Å². The van der Waals surface area contributed by atoms with Gasteiger partial charge in [-0.1, -0.05) is 48.5 Å². The molecule has 3 aromatic carbocycles. The Morgan fingerprint density at radius 2 is 1.74 bits per heavy atom. The average molecular weight is 416 g/mol. The van der Waals surface area contributed by atoms with E-state index in [0.29, 0.717) is 18.7 Å². The molecule has 0 fully saturated rings. The molecule has 5 rings (SSSR count). The van der Waals surface area contributed by atoms with Crippen LogP contribution in [0.2, 0.25) is 0 Å². The van der Waals surface area contributed by atoms with E-state index in [1.54, 1.807) is 0 Å². The smallest absolute Gasteiger partial charge is 0.223 e. The average Bonchev–Trinajstić information content (AvgIpc) is 3.21. The van der Waals surface area contributed by atoms with Gasteiger partial charge in [-0.15, -0.1) is 0 Å². The summed E-state index contributed by atoms with van der Waals surface area (Å²) >= 11 is 0. The zero-order chi connectivity index (χ0) is 21.4. The fourth-order valence-electron chi connectivity index (χ4n) is 4.57. The minimum absolute atomic E-state index is 0.0338. The van der Waals surface area contributed by atoms with Crippen molar-refractivity contribution < 1.29 is 13.6 Å². The highest BCUT2D eigenvalue weighted by Gasteiger charge is 2.28. The van der Waals surface area contributed by atoms with Gasteiger partial charge in [0, 0.05) is 48.6 Å². The van der Waals surface area contributed by atoms with E-state index >= 15 is 0 Å². The normalized spacial score (nSPS) is 14.5. The van der Waals surface area contributed by atoms with Gasteiger partial charge in [0.15, 0.2) is 0 Å². The second-order valence-electron chi connectivity index (χ2n) is 8.05. The first kappa shape index (κ1) is 19.5. The topological polar surface area (TPSA) is 36.1 Å². The van der Waals surface area contributed by atoms with Crippen LogP contribution in [0.1, 0.15) is 34.6 Å². The van der Waals surface area contributed by atoms with E-state index in [1.807, 2.05) is 53.6 Å². The van der Waals surface area contributed by atoms with Crippen LogP contribution in [0.15, 0.2) is 72.9 Å². The third kappa shape index (κ3) is 3.72. The van der Waals surface area contributed by atoms with Crippen LogP contribution in [0.5, 0.6) is 0 Å². The molecule has 5 heteroatoms. The molecular formula is C26H22F2N2O. The van der Waals surface area contributed by atoms with E-state index < -0.39 is 17.6 Å². The second kappa shape index (κ2) is 7.99. The summed E-state index contributed by atoms with van der Waals surface area (Å²) in [6, 6.07) is 19.5. The van der Waals surface area contributed by atoms with Gasteiger partial charge in [-0.25, -0.2) is 8.78 Å². The maximum absolute atomic E-state index is 14.8. The van der Waals surface area contributed by atoms with Gasteiger partial charge in [0.2, 0.25) is 5.91 Å². The van der Waals surface area contributed by atoms with Crippen molar-refractivity contribution in [1.82, 2.24) is 9.88 Å². The monoisotopic (exact) mass is 416 g/mol. The first-order valence-electron chi connectivity index (χ1n) is 10.5. The molecule has 0 saturated heterocycles. The van der Waals surface area contributed by atoms with Crippen LogP contribution in [-0.2, 0) is 17.8 Å². The Morgan fingerprint density at radius 3 is 2.58 bits per heavy atom. The zero-order valence-corrected chi connectivity index (χ0v) is 16.9. The Bertz CT molecular complexity index is 1260. The van der Waals surface area contributed by atoms with Gasteiger partial charge in [-0.05, 0) is 40.8 Å². The van der Waals surface area contributed by atoms with Crippen LogP contribution in [-0.4, -0.2) is 22.3 Å². The number of carbonyl (C=O) groups is 1. The van der Waals surface area contributed by atoms with Gasteiger partial charge in [-0.3, -0.25) is 4.79 Å². The molecule has 0 saturated carbocycles. The molecule has 1 unspecified atom stereocenters. The maximum atomic E-state index is 14.8. The van der Waals surface area contributed by atoms with E-state index in [0.717, 1.165) is 34.5 Å². The van der Waals surface area contributed by atoms with Crippen LogP contribution in [0.4, 0.5) is 8.78 Å². The van der Waals surface area contributed by atoms with Gasteiger partial charge in [0.25, 0.3) is 0 Å². The molecule has 2 heterocycles. The highest BCUT2D eigenvalue weighted by atomic mass is 19.1. The number of nitrogens with zero attached hydrogens (tertiary/aromatic N) is 1. The molecule has 4 aromatic rings. The predicted octanol–water partition coefficient (Wildman–Crippen LogP) is 5.55. The van der Waals surface area contributed by atoms with E-state index in [-0.39, 0.29) is 12.3 Å². The first-order chi connectivity index (χ1) is 15.1. The quantitative estimate of drug-likeness (QED) is 0.465. The molecule has 1 aliphatic rings. The molecule has 1 aromatic heterocycles. The number of fused-ring (bicyclic) bond motifs is 2. The van der Waals surface area contributed by atoms with Crippen LogP contribution >= 0.6 is 0 Å². The van der Waals surface area contributed by atoms with Crippen LogP contribution < -0.4 is 0 Å². The molecule has 1 amide bonds. The molecule has 0 radical (unpaired) electrons. The number of H-pyrrole nitrogens is 1. The zero-order valence-electron chi connectivity index (χ0n) is 16.9. The molecule has 1 atom stereocenters. The lowest BCUT2D eigenvalue weighted by atomic mass is 9.87. The Balaban J connectivity index is 1.50. The van der Waals surface area contributed by atoms with Crippen LogP contribution in [0.25, 0.3) is 10.9 Å². The minimum Gasteiger partial charge on any atom is -0.361 e. The molecule has 0 spiro atoms. The van der Waals surface area contributed by atoms with Gasteiger partial charge in [-0.2, -0.15) is 0 Å². The summed E-state index contributed by atoms with van der Waals surface area (Å²) in [4.78, 5) is 18.4. The molecule has 0 aliphatic carbocycles. The number of aromatic nitrogens is 1.